The zero-order chi connectivity index (χ0) is 9.47. The van der Waals surface area contributed by atoms with Crippen LogP contribution in [0.2, 0.25) is 0 Å². The van der Waals surface area contributed by atoms with E-state index < -0.39 is 5.41 Å². The third-order valence-corrected chi connectivity index (χ3v) is 3.28. The van der Waals surface area contributed by atoms with Crippen LogP contribution in [0.15, 0.2) is 12.2 Å². The van der Waals surface area contributed by atoms with Crippen molar-refractivity contribution >= 4 is 5.97 Å². The van der Waals surface area contributed by atoms with Crippen LogP contribution in [0.4, 0.5) is 0 Å². The Kier molecular flexibility index (Phi) is 1.91. The van der Waals surface area contributed by atoms with Crippen molar-refractivity contribution in [1.82, 2.24) is 0 Å². The average Bonchev–Trinajstić information content (AvgIpc) is 2.53. The Morgan fingerprint density at radius 1 is 1.69 bits per heavy atom. The molecule has 0 aromatic carbocycles. The van der Waals surface area contributed by atoms with Gasteiger partial charge in [0.2, 0.25) is 0 Å². The zero-order valence-electron chi connectivity index (χ0n) is 7.69. The molecule has 3 nitrogen and oxygen atoms in total. The minimum absolute atomic E-state index is 0.154. The van der Waals surface area contributed by atoms with Crippen LogP contribution in [0.3, 0.4) is 0 Å². The lowest BCUT2D eigenvalue weighted by atomic mass is 9.80. The number of hydrogen-bond donors (Lipinski definition) is 1. The standard InChI is InChI=1S/C10H14O3/c1-13-9(12)10-4-2-7(6-10)8(11)3-5-10/h3,5,7-8,11H,2,4,6H2,1H3. The summed E-state index contributed by atoms with van der Waals surface area (Å²) in [6, 6.07) is 0. The molecule has 0 amide bonds. The number of ether oxygens (including phenoxy) is 1. The first-order valence-electron chi connectivity index (χ1n) is 4.64. The third kappa shape index (κ3) is 1.18. The second-order valence-electron chi connectivity index (χ2n) is 4.00. The van der Waals surface area contributed by atoms with Crippen molar-refractivity contribution in [2.75, 3.05) is 7.11 Å². The smallest absolute Gasteiger partial charge is 0.315 e. The Labute approximate surface area is 77.4 Å². The number of aliphatic hydroxyl groups excluding tert-OH is 1. The largest absolute Gasteiger partial charge is 0.468 e. The molecule has 1 fully saturated rings. The molecule has 1 saturated carbocycles. The summed E-state index contributed by atoms with van der Waals surface area (Å²) in [4.78, 5) is 11.5. The fraction of sp³-hybridized carbons (Fsp3) is 0.700. The lowest BCUT2D eigenvalue weighted by molar-refractivity contribution is -0.150. The number of hydrogen-bond acceptors (Lipinski definition) is 3. The SMILES string of the molecule is COC(=O)C12C=CC(O)C(CC1)C2. The summed E-state index contributed by atoms with van der Waals surface area (Å²) in [6.45, 7) is 0. The van der Waals surface area contributed by atoms with Crippen LogP contribution < -0.4 is 0 Å². The monoisotopic (exact) mass is 182 g/mol. The van der Waals surface area contributed by atoms with Gasteiger partial charge in [-0.25, -0.2) is 0 Å². The van der Waals surface area contributed by atoms with E-state index in [0.29, 0.717) is 0 Å². The number of carbonyl (C=O) groups excluding carboxylic acids is 1. The van der Waals surface area contributed by atoms with Gasteiger partial charge in [-0.1, -0.05) is 12.2 Å². The molecule has 1 N–H and O–H groups in total. The quantitative estimate of drug-likeness (QED) is 0.483. The summed E-state index contributed by atoms with van der Waals surface area (Å²) in [6.07, 6.45) is 5.68. The second kappa shape index (κ2) is 2.84. The van der Waals surface area contributed by atoms with Gasteiger partial charge in [-0.2, -0.15) is 0 Å². The Bertz CT molecular complexity index is 259. The maximum atomic E-state index is 11.5. The van der Waals surface area contributed by atoms with Crippen molar-refractivity contribution < 1.29 is 14.6 Å². The minimum Gasteiger partial charge on any atom is -0.468 e. The maximum absolute atomic E-state index is 11.5. The molecule has 0 aromatic heterocycles. The maximum Gasteiger partial charge on any atom is 0.315 e. The summed E-state index contributed by atoms with van der Waals surface area (Å²) in [7, 11) is 1.42. The fourth-order valence-corrected chi connectivity index (χ4v) is 2.45. The second-order valence-corrected chi connectivity index (χ2v) is 4.00. The summed E-state index contributed by atoms with van der Waals surface area (Å²) < 4.78 is 4.77. The predicted molar refractivity (Wildman–Crippen MR) is 46.9 cm³/mol. The molecule has 2 bridgehead atoms. The van der Waals surface area contributed by atoms with Crippen LogP contribution in [0.1, 0.15) is 19.3 Å². The molecule has 0 saturated heterocycles. The molecular weight excluding hydrogens is 168 g/mol. The van der Waals surface area contributed by atoms with E-state index in [-0.39, 0.29) is 18.0 Å². The Morgan fingerprint density at radius 2 is 2.46 bits per heavy atom. The average molecular weight is 182 g/mol. The number of methoxy groups -OCH3 is 1. The van der Waals surface area contributed by atoms with Gasteiger partial charge in [0, 0.05) is 0 Å². The van der Waals surface area contributed by atoms with Gasteiger partial charge in [0.15, 0.2) is 0 Å². The molecule has 13 heavy (non-hydrogen) atoms. The Morgan fingerprint density at radius 3 is 3.15 bits per heavy atom. The van der Waals surface area contributed by atoms with E-state index in [2.05, 4.69) is 0 Å². The summed E-state index contributed by atoms with van der Waals surface area (Å²) in [5, 5.41) is 9.53. The van der Waals surface area contributed by atoms with Crippen LogP contribution in [0.25, 0.3) is 0 Å². The van der Waals surface area contributed by atoms with Crippen LogP contribution >= 0.6 is 0 Å². The zero-order valence-corrected chi connectivity index (χ0v) is 7.69. The van der Waals surface area contributed by atoms with Crippen molar-refractivity contribution in [3.8, 4) is 0 Å². The Balaban J connectivity index is 2.26. The topological polar surface area (TPSA) is 46.5 Å². The fourth-order valence-electron chi connectivity index (χ4n) is 2.45. The van der Waals surface area contributed by atoms with E-state index in [0.717, 1.165) is 19.3 Å². The molecule has 72 valence electrons. The van der Waals surface area contributed by atoms with E-state index >= 15 is 0 Å². The Hall–Kier alpha value is -0.830. The molecular formula is C10H14O3. The van der Waals surface area contributed by atoms with Gasteiger partial charge in [0.25, 0.3) is 0 Å². The lowest BCUT2D eigenvalue weighted by Crippen LogP contribution is -2.32. The van der Waals surface area contributed by atoms with Crippen LogP contribution in [0.5, 0.6) is 0 Å². The van der Waals surface area contributed by atoms with Crippen molar-refractivity contribution in [3.05, 3.63) is 12.2 Å². The van der Waals surface area contributed by atoms with E-state index in [9.17, 15) is 9.90 Å². The van der Waals surface area contributed by atoms with E-state index in [1.807, 2.05) is 6.08 Å². The van der Waals surface area contributed by atoms with Crippen LogP contribution in [-0.2, 0) is 9.53 Å². The van der Waals surface area contributed by atoms with Crippen LogP contribution in [-0.4, -0.2) is 24.3 Å². The molecule has 2 rings (SSSR count). The van der Waals surface area contributed by atoms with Crippen molar-refractivity contribution in [3.63, 3.8) is 0 Å². The van der Waals surface area contributed by atoms with Gasteiger partial charge in [0.1, 0.15) is 0 Å². The first kappa shape index (κ1) is 8.75. The van der Waals surface area contributed by atoms with Gasteiger partial charge in [-0.15, -0.1) is 0 Å². The first-order chi connectivity index (χ1) is 6.18. The highest BCUT2D eigenvalue weighted by Crippen LogP contribution is 2.48. The van der Waals surface area contributed by atoms with E-state index in [4.69, 9.17) is 4.74 Å². The van der Waals surface area contributed by atoms with Crippen molar-refractivity contribution in [1.29, 1.82) is 0 Å². The molecule has 2 aliphatic rings. The molecule has 0 aromatic rings. The molecule has 0 spiro atoms. The molecule has 3 atom stereocenters. The van der Waals surface area contributed by atoms with Crippen molar-refractivity contribution in [2.45, 2.75) is 25.4 Å². The van der Waals surface area contributed by atoms with Crippen molar-refractivity contribution in [2.24, 2.45) is 11.3 Å². The first-order valence-corrected chi connectivity index (χ1v) is 4.64. The van der Waals surface area contributed by atoms with Gasteiger partial charge < -0.3 is 9.84 Å². The van der Waals surface area contributed by atoms with E-state index in [1.54, 1.807) is 6.08 Å². The summed E-state index contributed by atoms with van der Waals surface area (Å²) >= 11 is 0. The molecule has 0 radical (unpaired) electrons. The minimum atomic E-state index is -0.418. The highest BCUT2D eigenvalue weighted by molar-refractivity contribution is 5.79. The predicted octanol–water partition coefficient (Wildman–Crippen LogP) is 0.877. The molecule has 0 heterocycles. The molecule has 0 aliphatic heterocycles. The number of carbonyl (C=O) groups is 1. The molecule has 2 aliphatic carbocycles. The number of fused-ring (bicyclic) bond motifs is 2. The molecule has 3 unspecified atom stereocenters. The van der Waals surface area contributed by atoms with Crippen LogP contribution in [0, 0.1) is 11.3 Å². The normalized spacial score (nSPS) is 42.0. The van der Waals surface area contributed by atoms with Gasteiger partial charge in [-0.05, 0) is 25.2 Å². The summed E-state index contributed by atoms with van der Waals surface area (Å²) in [5.41, 5.74) is -0.418. The highest BCUT2D eigenvalue weighted by atomic mass is 16.5. The van der Waals surface area contributed by atoms with E-state index in [1.165, 1.54) is 7.11 Å². The number of aliphatic hydroxyl groups is 1. The summed E-state index contributed by atoms with van der Waals surface area (Å²) in [5.74, 6) is 0.0993. The molecule has 3 heteroatoms. The van der Waals surface area contributed by atoms with Gasteiger partial charge >= 0.3 is 5.97 Å². The number of rotatable bonds is 1. The highest BCUT2D eigenvalue weighted by Gasteiger charge is 2.48. The number of esters is 1. The third-order valence-electron chi connectivity index (χ3n) is 3.28. The van der Waals surface area contributed by atoms with Gasteiger partial charge in [0.05, 0.1) is 18.6 Å². The lowest BCUT2D eigenvalue weighted by Gasteiger charge is -2.27. The van der Waals surface area contributed by atoms with Gasteiger partial charge in [-0.3, -0.25) is 4.79 Å².